The summed E-state index contributed by atoms with van der Waals surface area (Å²) < 4.78 is 71.7. The molecule has 2 aromatic rings. The average molecular weight is 953 g/mol. The summed E-state index contributed by atoms with van der Waals surface area (Å²) in [4.78, 5) is 2.20. The van der Waals surface area contributed by atoms with Crippen LogP contribution in [0.5, 0.6) is 0 Å². The Bertz CT molecular complexity index is 1440. The van der Waals surface area contributed by atoms with Crippen LogP contribution in [0.25, 0.3) is 0 Å². The molecular weight excluding hydrogens is 869 g/mol. The van der Waals surface area contributed by atoms with Crippen LogP contribution in [0.3, 0.4) is 0 Å². The van der Waals surface area contributed by atoms with Gasteiger partial charge in [0.15, 0.2) is 0 Å². The third-order valence-corrected chi connectivity index (χ3v) is 45.6. The summed E-state index contributed by atoms with van der Waals surface area (Å²) in [6, 6.07) is 13.7. The SMILES string of the molecule is CCCCCCCCCCCCc1ccc([S](=O)(=O)[Sn]2([S](=O)(=O)c3ccc(CCCCCCCCCCCC)cc3)[O]CCN(CCCCCCCC)CC[O]2)cc1. The molecule has 10 heteroatoms. The molecule has 2 aromatic carbocycles. The van der Waals surface area contributed by atoms with Crippen molar-refractivity contribution < 1.29 is 23.0 Å². The molecule has 1 fully saturated rings. The zero-order valence-electron chi connectivity index (χ0n) is 37.2. The van der Waals surface area contributed by atoms with Gasteiger partial charge >= 0.3 is 296 Å². The van der Waals surface area contributed by atoms with E-state index in [0.717, 1.165) is 69.0 Å². The fourth-order valence-electron chi connectivity index (χ4n) is 8.14. The second-order valence-corrected chi connectivity index (χ2v) is 42.6. The Balaban J connectivity index is 1.67. The van der Waals surface area contributed by atoms with E-state index in [1.165, 1.54) is 128 Å². The van der Waals surface area contributed by atoms with E-state index < -0.39 is 30.5 Å². The van der Waals surface area contributed by atoms with Gasteiger partial charge in [-0.25, -0.2) is 0 Å². The first-order valence-electron chi connectivity index (χ1n) is 23.9. The summed E-state index contributed by atoms with van der Waals surface area (Å²) in [7, 11) is -8.92. The van der Waals surface area contributed by atoms with Gasteiger partial charge in [0.05, 0.1) is 0 Å². The van der Waals surface area contributed by atoms with Crippen LogP contribution < -0.4 is 0 Å². The first-order valence-corrected chi connectivity index (χ1v) is 36.2. The molecule has 332 valence electrons. The van der Waals surface area contributed by atoms with Crippen LogP contribution >= 0.6 is 0 Å². The van der Waals surface area contributed by atoms with Crippen molar-refractivity contribution in [2.24, 2.45) is 0 Å². The first-order chi connectivity index (χ1) is 28.2. The van der Waals surface area contributed by atoms with E-state index in [1.807, 2.05) is 24.3 Å². The van der Waals surface area contributed by atoms with Gasteiger partial charge in [-0.05, 0) is 0 Å². The second-order valence-electron chi connectivity index (χ2n) is 17.0. The number of aryl methyl sites for hydroxylation is 2. The molecule has 3 rings (SSSR count). The third kappa shape index (κ3) is 17.8. The van der Waals surface area contributed by atoms with Gasteiger partial charge in [-0.1, -0.05) is 65.2 Å². The Hall–Kier alpha value is -0.981. The maximum atomic E-state index is 14.8. The number of hydrogen-bond donors (Lipinski definition) is 0. The minimum absolute atomic E-state index is 0.0119. The van der Waals surface area contributed by atoms with Gasteiger partial charge < -0.3 is 0 Å². The van der Waals surface area contributed by atoms with Gasteiger partial charge in [-0.15, -0.1) is 0 Å². The maximum absolute atomic E-state index is 14.8. The molecule has 0 saturated carbocycles. The van der Waals surface area contributed by atoms with Crippen LogP contribution in [-0.2, 0) is 33.0 Å². The summed E-state index contributed by atoms with van der Waals surface area (Å²) in [5.74, 6) is 0. The number of nitrogens with zero attached hydrogens (tertiary/aromatic N) is 1. The van der Waals surface area contributed by atoms with E-state index in [-0.39, 0.29) is 23.0 Å². The zero-order valence-corrected chi connectivity index (χ0v) is 41.7. The fourth-order valence-corrected chi connectivity index (χ4v) is 39.8. The number of benzene rings is 2. The van der Waals surface area contributed by atoms with Crippen LogP contribution in [0, 0.1) is 0 Å². The van der Waals surface area contributed by atoms with Gasteiger partial charge in [0, 0.05) is 0 Å². The van der Waals surface area contributed by atoms with Crippen molar-refractivity contribution in [3.05, 3.63) is 59.7 Å². The Kier molecular flexibility index (Phi) is 26.7. The van der Waals surface area contributed by atoms with E-state index in [9.17, 15) is 16.8 Å². The topological polar surface area (TPSA) is 90.0 Å². The van der Waals surface area contributed by atoms with Crippen molar-refractivity contribution in [3.63, 3.8) is 0 Å². The van der Waals surface area contributed by atoms with Crippen molar-refractivity contribution in [3.8, 4) is 0 Å². The third-order valence-electron chi connectivity index (χ3n) is 12.0. The van der Waals surface area contributed by atoms with E-state index in [0.29, 0.717) is 13.1 Å². The molecule has 0 atom stereocenters. The normalized spacial score (nSPS) is 15.4. The molecule has 0 N–H and O–H groups in total. The molecule has 1 aliphatic rings. The summed E-state index contributed by atoms with van der Waals surface area (Å²) >= 11 is -6.10. The first kappa shape index (κ1) is 51.4. The predicted octanol–water partition coefficient (Wildman–Crippen LogP) is 13.0. The van der Waals surface area contributed by atoms with E-state index >= 15 is 0 Å². The summed E-state index contributed by atoms with van der Waals surface area (Å²) in [6.45, 7) is 8.58. The molecule has 0 aromatic heterocycles. The van der Waals surface area contributed by atoms with E-state index in [1.54, 1.807) is 24.3 Å². The molecule has 0 amide bonds. The van der Waals surface area contributed by atoms with Crippen molar-refractivity contribution in [1.82, 2.24) is 4.90 Å². The molecule has 7 nitrogen and oxygen atoms in total. The zero-order chi connectivity index (χ0) is 41.8. The fraction of sp³-hybridized carbons (Fsp3) is 0.750. The molecule has 1 aliphatic heterocycles. The van der Waals surface area contributed by atoms with Gasteiger partial charge in [-0.2, -0.15) is 0 Å². The number of hydrogen-bond acceptors (Lipinski definition) is 7. The predicted molar refractivity (Wildman–Crippen MR) is 246 cm³/mol. The summed E-state index contributed by atoms with van der Waals surface area (Å²) in [6.07, 6.45) is 34.1. The van der Waals surface area contributed by atoms with Gasteiger partial charge in [0.2, 0.25) is 0 Å². The molecule has 58 heavy (non-hydrogen) atoms. The molecular formula is C48H83NO6S2Sn. The molecule has 1 heterocycles. The molecule has 0 aliphatic carbocycles. The standard InChI is InChI=1S/2C18H29O2S.C12H25NO2.Sn/c2*1-2-3-4-5-6-7-8-9-10-11-12-17-13-15-18(16-14-17)21(19)20;1-2-3-4-5-6-7-8-13(9-11-14)10-12-15;/h2*13-16H,2-12H2,1H3;2-12H2,1H3;/q;;-2;+2. The average Bonchev–Trinajstić information content (AvgIpc) is 3.21. The Labute approximate surface area is 358 Å². The van der Waals surface area contributed by atoms with Crippen LogP contribution in [0.4, 0.5) is 0 Å². The number of unbranched alkanes of at least 4 members (excludes halogenated alkanes) is 23. The molecule has 1 saturated heterocycles. The monoisotopic (exact) mass is 953 g/mol. The van der Waals surface area contributed by atoms with Crippen LogP contribution in [0.1, 0.15) is 199 Å². The molecule has 0 unspecified atom stereocenters. The van der Waals surface area contributed by atoms with E-state index in [4.69, 9.17) is 6.15 Å². The van der Waals surface area contributed by atoms with Crippen LogP contribution in [0.2, 0.25) is 0 Å². The minimum atomic E-state index is -6.10. The summed E-state index contributed by atoms with van der Waals surface area (Å²) in [5, 5.41) is 0. The Morgan fingerprint density at radius 3 is 1.05 bits per heavy atom. The van der Waals surface area contributed by atoms with Crippen LogP contribution in [-0.4, -0.2) is 71.0 Å². The Morgan fingerprint density at radius 2 is 0.724 bits per heavy atom. The summed E-state index contributed by atoms with van der Waals surface area (Å²) in [5.41, 5.74) is 2.13. The van der Waals surface area contributed by atoms with Gasteiger partial charge in [-0.3, -0.25) is 0 Å². The van der Waals surface area contributed by atoms with Gasteiger partial charge in [0.25, 0.3) is 0 Å². The van der Waals surface area contributed by atoms with Crippen molar-refractivity contribution in [2.75, 3.05) is 32.8 Å². The van der Waals surface area contributed by atoms with Crippen molar-refractivity contribution >= 4 is 30.5 Å². The van der Waals surface area contributed by atoms with Crippen molar-refractivity contribution in [2.45, 2.75) is 210 Å². The van der Waals surface area contributed by atoms with Crippen LogP contribution in [0.15, 0.2) is 58.3 Å². The van der Waals surface area contributed by atoms with Crippen molar-refractivity contribution in [1.29, 1.82) is 0 Å². The Morgan fingerprint density at radius 1 is 0.431 bits per heavy atom. The van der Waals surface area contributed by atoms with Gasteiger partial charge in [0.1, 0.15) is 0 Å². The molecule has 0 radical (unpaired) electrons. The molecule has 0 spiro atoms. The quantitative estimate of drug-likeness (QED) is 0.0520. The number of rotatable bonds is 33. The van der Waals surface area contributed by atoms with E-state index in [2.05, 4.69) is 25.7 Å². The second kappa shape index (κ2) is 30.1. The molecule has 0 bridgehead atoms.